The third-order valence-electron chi connectivity index (χ3n) is 7.33. The molecule has 1 fully saturated rings. The van der Waals surface area contributed by atoms with Crippen LogP contribution in [0.15, 0.2) is 73.2 Å². The van der Waals surface area contributed by atoms with E-state index in [1.807, 2.05) is 48.0 Å². The number of nitrogens with zero attached hydrogens (tertiary/aromatic N) is 3. The normalized spacial score (nSPS) is 17.1. The molecular formula is C31H34N6O2. The largest absolute Gasteiger partial charge is 0.457 e. The van der Waals surface area contributed by atoms with Gasteiger partial charge in [-0.1, -0.05) is 12.1 Å². The molecule has 0 unspecified atom stereocenters. The van der Waals surface area contributed by atoms with E-state index in [4.69, 9.17) is 10.5 Å². The summed E-state index contributed by atoms with van der Waals surface area (Å²) < 4.78 is 8.09. The number of nitrogens with two attached hydrogens (primary N) is 1. The number of ether oxygens (including phenoxy) is 1. The highest BCUT2D eigenvalue weighted by Crippen LogP contribution is 2.27. The second kappa shape index (κ2) is 11.0. The second-order valence-corrected chi connectivity index (χ2v) is 10.6. The molecule has 0 aliphatic carbocycles. The highest BCUT2D eigenvalue weighted by Gasteiger charge is 2.18. The smallest absolute Gasteiger partial charge is 0.255 e. The molecule has 3 aromatic carbocycles. The van der Waals surface area contributed by atoms with Crippen LogP contribution in [0.3, 0.4) is 0 Å². The Morgan fingerprint density at radius 2 is 1.97 bits per heavy atom. The first-order valence-corrected chi connectivity index (χ1v) is 13.5. The SMILES string of the molecule is Cc1cn(-c2cc(CN3CCC[C@H](N)C3)cc(NC(=O)c3cccc(Oc4ccc5c(c4)CNC5)c3)c2)cn1. The molecule has 6 rings (SSSR count). The lowest BCUT2D eigenvalue weighted by Crippen LogP contribution is -2.42. The minimum atomic E-state index is -0.191. The maximum Gasteiger partial charge on any atom is 0.255 e. The first kappa shape index (κ1) is 25.3. The third-order valence-corrected chi connectivity index (χ3v) is 7.33. The molecule has 0 radical (unpaired) electrons. The van der Waals surface area contributed by atoms with Crippen LogP contribution in [0, 0.1) is 6.92 Å². The van der Waals surface area contributed by atoms with Gasteiger partial charge in [-0.15, -0.1) is 0 Å². The van der Waals surface area contributed by atoms with Crippen LogP contribution in [0.5, 0.6) is 11.5 Å². The summed E-state index contributed by atoms with van der Waals surface area (Å²) >= 11 is 0. The maximum absolute atomic E-state index is 13.3. The van der Waals surface area contributed by atoms with Crippen molar-refractivity contribution in [2.24, 2.45) is 5.73 Å². The highest BCUT2D eigenvalue weighted by molar-refractivity contribution is 6.04. The minimum Gasteiger partial charge on any atom is -0.457 e. The van der Waals surface area contributed by atoms with Crippen LogP contribution in [0.4, 0.5) is 5.69 Å². The maximum atomic E-state index is 13.3. The van der Waals surface area contributed by atoms with Gasteiger partial charge in [-0.2, -0.15) is 0 Å². The van der Waals surface area contributed by atoms with E-state index in [-0.39, 0.29) is 11.9 Å². The van der Waals surface area contributed by atoms with Crippen molar-refractivity contribution in [2.45, 2.75) is 45.4 Å². The minimum absolute atomic E-state index is 0.191. The summed E-state index contributed by atoms with van der Waals surface area (Å²) in [5.74, 6) is 1.20. The second-order valence-electron chi connectivity index (χ2n) is 10.6. The number of aromatic nitrogens is 2. The first-order chi connectivity index (χ1) is 19.0. The molecule has 1 amide bonds. The Kier molecular flexibility index (Phi) is 7.15. The van der Waals surface area contributed by atoms with Crippen molar-refractivity contribution in [3.63, 3.8) is 0 Å². The van der Waals surface area contributed by atoms with Crippen LogP contribution in [0.25, 0.3) is 5.69 Å². The number of fused-ring (bicyclic) bond motifs is 1. The van der Waals surface area contributed by atoms with E-state index in [2.05, 4.69) is 38.7 Å². The summed E-state index contributed by atoms with van der Waals surface area (Å²) in [7, 11) is 0. The van der Waals surface area contributed by atoms with Gasteiger partial charge in [0, 0.05) is 55.4 Å². The summed E-state index contributed by atoms with van der Waals surface area (Å²) in [6.07, 6.45) is 5.95. The molecule has 2 aliphatic rings. The summed E-state index contributed by atoms with van der Waals surface area (Å²) in [6.45, 7) is 6.38. The fourth-order valence-corrected chi connectivity index (χ4v) is 5.42. The van der Waals surface area contributed by atoms with E-state index in [0.717, 1.165) is 73.9 Å². The Hall–Kier alpha value is -3.98. The molecule has 0 spiro atoms. The number of hydrogen-bond acceptors (Lipinski definition) is 6. The Bertz CT molecular complexity index is 1500. The van der Waals surface area contributed by atoms with Gasteiger partial charge in [0.1, 0.15) is 11.5 Å². The number of amides is 1. The number of anilines is 1. The van der Waals surface area contributed by atoms with Crippen LogP contribution in [0.1, 0.15) is 45.6 Å². The van der Waals surface area contributed by atoms with Gasteiger partial charge in [0.2, 0.25) is 0 Å². The van der Waals surface area contributed by atoms with Crippen LogP contribution >= 0.6 is 0 Å². The van der Waals surface area contributed by atoms with Crippen molar-refractivity contribution in [2.75, 3.05) is 18.4 Å². The number of aryl methyl sites for hydroxylation is 1. The van der Waals surface area contributed by atoms with Gasteiger partial charge in [-0.25, -0.2) is 4.98 Å². The quantitative estimate of drug-likeness (QED) is 0.324. The Balaban J connectivity index is 1.22. The topological polar surface area (TPSA) is 97.4 Å². The fraction of sp³-hybridized carbons (Fsp3) is 0.290. The molecule has 4 aromatic rings. The number of piperidine rings is 1. The van der Waals surface area contributed by atoms with Crippen LogP contribution in [0.2, 0.25) is 0 Å². The lowest BCUT2D eigenvalue weighted by atomic mass is 10.1. The molecule has 1 saturated heterocycles. The summed E-state index contributed by atoms with van der Waals surface area (Å²) in [5.41, 5.74) is 13.0. The highest BCUT2D eigenvalue weighted by atomic mass is 16.5. The van der Waals surface area contributed by atoms with E-state index in [1.54, 1.807) is 18.5 Å². The number of carbonyl (C=O) groups is 1. The van der Waals surface area contributed by atoms with E-state index in [9.17, 15) is 4.79 Å². The number of carbonyl (C=O) groups excluding carboxylic acids is 1. The van der Waals surface area contributed by atoms with Crippen molar-refractivity contribution in [3.05, 3.63) is 101 Å². The molecule has 0 saturated carbocycles. The summed E-state index contributed by atoms with van der Waals surface area (Å²) in [6, 6.07) is 19.8. The van der Waals surface area contributed by atoms with Crippen molar-refractivity contribution in [1.82, 2.24) is 19.8 Å². The Labute approximate surface area is 228 Å². The molecule has 200 valence electrons. The van der Waals surface area contributed by atoms with Gasteiger partial charge < -0.3 is 25.7 Å². The van der Waals surface area contributed by atoms with Gasteiger partial charge in [0.25, 0.3) is 5.91 Å². The van der Waals surface area contributed by atoms with Crippen LogP contribution in [-0.4, -0.2) is 39.5 Å². The summed E-state index contributed by atoms with van der Waals surface area (Å²) in [4.78, 5) is 20.1. The predicted molar refractivity (Wildman–Crippen MR) is 152 cm³/mol. The van der Waals surface area contributed by atoms with Crippen LogP contribution < -0.4 is 21.1 Å². The monoisotopic (exact) mass is 522 g/mol. The molecule has 3 heterocycles. The lowest BCUT2D eigenvalue weighted by molar-refractivity contribution is 0.102. The number of likely N-dealkylation sites (tertiary alicyclic amines) is 1. The molecule has 1 aromatic heterocycles. The number of rotatable bonds is 7. The number of hydrogen-bond donors (Lipinski definition) is 3. The number of imidazole rings is 1. The van der Waals surface area contributed by atoms with E-state index >= 15 is 0 Å². The zero-order chi connectivity index (χ0) is 26.8. The molecule has 0 bridgehead atoms. The fourth-order valence-electron chi connectivity index (χ4n) is 5.42. The zero-order valence-electron chi connectivity index (χ0n) is 22.2. The van der Waals surface area contributed by atoms with Gasteiger partial charge in [-0.3, -0.25) is 9.69 Å². The van der Waals surface area contributed by atoms with Crippen molar-refractivity contribution >= 4 is 11.6 Å². The zero-order valence-corrected chi connectivity index (χ0v) is 22.2. The molecule has 2 aliphatic heterocycles. The lowest BCUT2D eigenvalue weighted by Gasteiger charge is -2.30. The van der Waals surface area contributed by atoms with E-state index in [1.165, 1.54) is 11.1 Å². The van der Waals surface area contributed by atoms with Gasteiger partial charge in [-0.05, 0) is 91.5 Å². The Morgan fingerprint density at radius 1 is 1.10 bits per heavy atom. The standard InChI is InChI=1S/C31H34N6O2/c1-21-17-37(20-34-21)28-11-22(18-36-9-3-5-26(32)19-36)10-27(14-28)35-31(38)23-4-2-6-29(12-23)39-30-8-7-24-15-33-16-25(24)13-30/h2,4,6-8,10-14,17,20,26,33H,3,5,9,15-16,18-19,32H2,1H3,(H,35,38)/t26-/m0/s1. The predicted octanol–water partition coefficient (Wildman–Crippen LogP) is 4.75. The molecule has 4 N–H and O–H groups in total. The molecule has 1 atom stereocenters. The molecule has 8 heteroatoms. The van der Waals surface area contributed by atoms with Gasteiger partial charge in [0.15, 0.2) is 0 Å². The Morgan fingerprint density at radius 3 is 2.82 bits per heavy atom. The van der Waals surface area contributed by atoms with Crippen molar-refractivity contribution in [1.29, 1.82) is 0 Å². The number of nitrogens with one attached hydrogen (secondary N) is 2. The average Bonchev–Trinajstić information content (AvgIpc) is 3.57. The first-order valence-electron chi connectivity index (χ1n) is 13.5. The van der Waals surface area contributed by atoms with Crippen LogP contribution in [-0.2, 0) is 19.6 Å². The van der Waals surface area contributed by atoms with Gasteiger partial charge >= 0.3 is 0 Å². The van der Waals surface area contributed by atoms with Gasteiger partial charge in [0.05, 0.1) is 12.0 Å². The third kappa shape index (κ3) is 6.04. The number of benzene rings is 3. The molecule has 8 nitrogen and oxygen atoms in total. The summed E-state index contributed by atoms with van der Waals surface area (Å²) in [5, 5.41) is 6.46. The van der Waals surface area contributed by atoms with E-state index in [0.29, 0.717) is 11.3 Å². The molecule has 39 heavy (non-hydrogen) atoms. The van der Waals surface area contributed by atoms with Crippen molar-refractivity contribution in [3.8, 4) is 17.2 Å². The average molecular weight is 523 g/mol. The van der Waals surface area contributed by atoms with E-state index < -0.39 is 0 Å². The molecular weight excluding hydrogens is 488 g/mol. The van der Waals surface area contributed by atoms with Crippen molar-refractivity contribution < 1.29 is 9.53 Å².